The van der Waals surface area contributed by atoms with Gasteiger partial charge in [0, 0.05) is 12.4 Å². The Bertz CT molecular complexity index is 472. The summed E-state index contributed by atoms with van der Waals surface area (Å²) in [5.74, 6) is -0.484. The minimum absolute atomic E-state index is 0.0903. The molecule has 1 aromatic heterocycles. The molecular weight excluding hydrogens is 278 g/mol. The summed E-state index contributed by atoms with van der Waals surface area (Å²) >= 11 is 0. The highest BCUT2D eigenvalue weighted by Gasteiger charge is 2.14. The average Bonchev–Trinajstić information content (AvgIpc) is 2.37. The number of hydrogen-bond donors (Lipinski definition) is 2. The topological polar surface area (TPSA) is 102 Å². The molecule has 0 fully saturated rings. The fraction of sp³-hybridized carbons (Fsp3) is 0.400. The van der Waals surface area contributed by atoms with Crippen molar-refractivity contribution >= 4 is 17.9 Å². The van der Waals surface area contributed by atoms with Crippen molar-refractivity contribution in [1.82, 2.24) is 15.3 Å². The molecule has 0 atom stereocenters. The molecule has 0 aliphatic heterocycles. The molecule has 8 nitrogen and oxygen atoms in total. The number of halogens is 2. The summed E-state index contributed by atoms with van der Waals surface area (Å²) in [4.78, 5) is 29.7. The zero-order valence-electron chi connectivity index (χ0n) is 10.4. The van der Waals surface area contributed by atoms with Crippen molar-refractivity contribution in [1.29, 1.82) is 0 Å². The van der Waals surface area contributed by atoms with Crippen LogP contribution in [0, 0.1) is 0 Å². The maximum Gasteiger partial charge on any atom is 0.415 e. The number of ether oxygens (including phenoxy) is 2. The smallest absolute Gasteiger partial charge is 0.415 e. The van der Waals surface area contributed by atoms with Crippen LogP contribution in [0.25, 0.3) is 0 Å². The molecule has 0 aliphatic rings. The van der Waals surface area contributed by atoms with E-state index in [-0.39, 0.29) is 18.3 Å². The number of urea groups is 1. The van der Waals surface area contributed by atoms with Gasteiger partial charge in [0.25, 0.3) is 12.3 Å². The first-order chi connectivity index (χ1) is 9.52. The van der Waals surface area contributed by atoms with Gasteiger partial charge in [-0.3, -0.25) is 5.32 Å². The Morgan fingerprint density at radius 2 is 2.05 bits per heavy atom. The van der Waals surface area contributed by atoms with Crippen LogP contribution in [0.5, 0.6) is 5.88 Å². The van der Waals surface area contributed by atoms with E-state index in [4.69, 9.17) is 0 Å². The van der Waals surface area contributed by atoms with Crippen molar-refractivity contribution in [2.75, 3.05) is 18.5 Å². The summed E-state index contributed by atoms with van der Waals surface area (Å²) in [6.07, 6.45) is -1.23. The van der Waals surface area contributed by atoms with Crippen LogP contribution in [-0.4, -0.2) is 41.7 Å². The van der Waals surface area contributed by atoms with Gasteiger partial charge in [0.15, 0.2) is 12.4 Å². The van der Waals surface area contributed by atoms with Crippen molar-refractivity contribution in [3.8, 4) is 5.88 Å². The van der Waals surface area contributed by atoms with E-state index in [1.807, 2.05) is 5.32 Å². The highest BCUT2D eigenvalue weighted by molar-refractivity contribution is 5.98. The number of nitrogens with one attached hydrogen (secondary N) is 2. The van der Waals surface area contributed by atoms with Gasteiger partial charge in [0.2, 0.25) is 0 Å². The van der Waals surface area contributed by atoms with Gasteiger partial charge in [0.05, 0.1) is 6.61 Å². The molecule has 0 saturated heterocycles. The molecular formula is C10H12F2N4O4. The summed E-state index contributed by atoms with van der Waals surface area (Å²) in [5, 5.41) is 3.97. The Morgan fingerprint density at radius 1 is 1.35 bits per heavy atom. The lowest BCUT2D eigenvalue weighted by atomic mass is 10.6. The lowest BCUT2D eigenvalue weighted by molar-refractivity contribution is 0.0798. The normalized spacial score (nSPS) is 10.0. The third-order valence-electron chi connectivity index (χ3n) is 1.73. The van der Waals surface area contributed by atoms with Crippen LogP contribution in [0.1, 0.15) is 6.92 Å². The molecule has 3 amide bonds. The number of aromatic nitrogens is 2. The second kappa shape index (κ2) is 7.81. The lowest BCUT2D eigenvalue weighted by Gasteiger charge is -2.10. The number of hydrogen-bond acceptors (Lipinski definition) is 6. The van der Waals surface area contributed by atoms with E-state index in [2.05, 4.69) is 24.8 Å². The van der Waals surface area contributed by atoms with E-state index < -0.39 is 25.2 Å². The van der Waals surface area contributed by atoms with Crippen molar-refractivity contribution in [2.45, 2.75) is 13.3 Å². The van der Waals surface area contributed by atoms with Gasteiger partial charge in [0.1, 0.15) is 0 Å². The van der Waals surface area contributed by atoms with Gasteiger partial charge in [-0.25, -0.2) is 33.7 Å². The molecule has 0 bridgehead atoms. The molecule has 0 radical (unpaired) electrons. The quantitative estimate of drug-likeness (QED) is 0.849. The molecule has 0 spiro atoms. The van der Waals surface area contributed by atoms with Crippen LogP contribution in [0.3, 0.4) is 0 Å². The summed E-state index contributed by atoms with van der Waals surface area (Å²) in [6, 6.07) is -0.953. The first-order valence-electron chi connectivity index (χ1n) is 5.49. The van der Waals surface area contributed by atoms with Crippen LogP contribution < -0.4 is 15.4 Å². The highest BCUT2D eigenvalue weighted by atomic mass is 19.3. The minimum atomic E-state index is -2.70. The molecule has 10 heteroatoms. The largest absolute Gasteiger partial charge is 0.469 e. The molecule has 0 aromatic carbocycles. The fourth-order valence-corrected chi connectivity index (χ4v) is 1.06. The molecule has 2 N–H and O–H groups in total. The van der Waals surface area contributed by atoms with E-state index in [0.29, 0.717) is 0 Å². The molecule has 110 valence electrons. The zero-order chi connectivity index (χ0) is 15.0. The third-order valence-corrected chi connectivity index (χ3v) is 1.73. The number of carbonyl (C=O) groups is 2. The number of amides is 3. The van der Waals surface area contributed by atoms with Crippen LogP contribution >= 0.6 is 0 Å². The zero-order valence-corrected chi connectivity index (χ0v) is 10.4. The van der Waals surface area contributed by atoms with Crippen LogP contribution in [0.4, 0.5) is 24.2 Å². The molecule has 1 aromatic rings. The van der Waals surface area contributed by atoms with Gasteiger partial charge in [-0.15, -0.1) is 0 Å². The van der Waals surface area contributed by atoms with Crippen LogP contribution in [0.15, 0.2) is 12.4 Å². The number of rotatable bonds is 5. The van der Waals surface area contributed by atoms with Gasteiger partial charge in [-0.1, -0.05) is 0 Å². The summed E-state index contributed by atoms with van der Waals surface area (Å²) in [6.45, 7) is 0.760. The summed E-state index contributed by atoms with van der Waals surface area (Å²) < 4.78 is 33.2. The number of anilines is 1. The second-order valence-electron chi connectivity index (χ2n) is 3.21. The fourth-order valence-electron chi connectivity index (χ4n) is 1.06. The maximum atomic E-state index is 12.0. The number of nitrogens with zero attached hydrogens (tertiary/aromatic N) is 2. The average molecular weight is 290 g/mol. The SMILES string of the molecule is CCOC(=O)NC(=O)Nc1nccnc1OCC(F)F. The van der Waals surface area contributed by atoms with Crippen LogP contribution in [0.2, 0.25) is 0 Å². The minimum Gasteiger partial charge on any atom is -0.469 e. The molecule has 0 aliphatic carbocycles. The first kappa shape index (κ1) is 15.5. The maximum absolute atomic E-state index is 12.0. The van der Waals surface area contributed by atoms with Crippen molar-refractivity contribution in [2.24, 2.45) is 0 Å². The lowest BCUT2D eigenvalue weighted by Crippen LogP contribution is -2.35. The molecule has 20 heavy (non-hydrogen) atoms. The number of alkyl halides is 2. The Morgan fingerprint density at radius 3 is 2.70 bits per heavy atom. The van der Waals surface area contributed by atoms with Gasteiger partial charge in [-0.05, 0) is 6.92 Å². The van der Waals surface area contributed by atoms with Crippen molar-refractivity contribution in [3.05, 3.63) is 12.4 Å². The third kappa shape index (κ3) is 5.42. The highest BCUT2D eigenvalue weighted by Crippen LogP contribution is 2.17. The van der Waals surface area contributed by atoms with E-state index in [1.54, 1.807) is 6.92 Å². The molecule has 0 unspecified atom stereocenters. The van der Waals surface area contributed by atoms with Crippen molar-refractivity contribution < 1.29 is 27.8 Å². The molecule has 1 heterocycles. The predicted octanol–water partition coefficient (Wildman–Crippen LogP) is 1.40. The van der Waals surface area contributed by atoms with E-state index >= 15 is 0 Å². The monoisotopic (exact) mass is 290 g/mol. The predicted molar refractivity (Wildman–Crippen MR) is 62.7 cm³/mol. The summed E-state index contributed by atoms with van der Waals surface area (Å²) in [7, 11) is 0. The van der Waals surface area contributed by atoms with Gasteiger partial charge >= 0.3 is 12.1 Å². The van der Waals surface area contributed by atoms with Crippen molar-refractivity contribution in [3.63, 3.8) is 0 Å². The van der Waals surface area contributed by atoms with Gasteiger partial charge < -0.3 is 9.47 Å². The van der Waals surface area contributed by atoms with Gasteiger partial charge in [-0.2, -0.15) is 0 Å². The van der Waals surface area contributed by atoms with Crippen LogP contribution in [-0.2, 0) is 4.74 Å². The Hall–Kier alpha value is -2.52. The molecule has 0 saturated carbocycles. The number of imide groups is 1. The number of alkyl carbamates (subject to hydrolysis) is 1. The Kier molecular flexibility index (Phi) is 6.07. The van der Waals surface area contributed by atoms with E-state index in [9.17, 15) is 18.4 Å². The Labute approximate surface area is 112 Å². The summed E-state index contributed by atoms with van der Waals surface area (Å²) in [5.41, 5.74) is 0. The standard InChI is InChI=1S/C10H12F2N4O4/c1-2-19-10(18)16-9(17)15-7-8(14-4-3-13-7)20-5-6(11)12/h3-4,6H,2,5H2,1H3,(H2,13,15,16,17,18). The van der Waals surface area contributed by atoms with E-state index in [0.717, 1.165) is 0 Å². The second-order valence-corrected chi connectivity index (χ2v) is 3.21. The van der Waals surface area contributed by atoms with E-state index in [1.165, 1.54) is 12.4 Å². The first-order valence-corrected chi connectivity index (χ1v) is 5.49. The molecule has 1 rings (SSSR count). The number of carbonyl (C=O) groups excluding carboxylic acids is 2. The Balaban J connectivity index is 2.62.